The zero-order valence-electron chi connectivity index (χ0n) is 14.0. The molecule has 0 bridgehead atoms. The van der Waals surface area contributed by atoms with Crippen LogP contribution in [0.5, 0.6) is 0 Å². The molecule has 0 fully saturated rings. The van der Waals surface area contributed by atoms with Crippen LogP contribution in [-0.4, -0.2) is 19.3 Å². The molecule has 26 heavy (non-hydrogen) atoms. The van der Waals surface area contributed by atoms with E-state index in [-0.39, 0.29) is 17.2 Å². The predicted octanol–water partition coefficient (Wildman–Crippen LogP) is 3.43. The summed E-state index contributed by atoms with van der Waals surface area (Å²) in [5.41, 5.74) is 2.59. The van der Waals surface area contributed by atoms with Crippen LogP contribution in [0.25, 0.3) is 0 Å². The Kier molecular flexibility index (Phi) is 5.34. The van der Waals surface area contributed by atoms with Crippen LogP contribution in [-0.2, 0) is 21.2 Å². The van der Waals surface area contributed by atoms with Crippen molar-refractivity contribution in [2.45, 2.75) is 18.2 Å². The van der Waals surface area contributed by atoms with Crippen LogP contribution >= 0.6 is 11.3 Å². The molecule has 134 valence electrons. The van der Waals surface area contributed by atoms with Crippen molar-refractivity contribution in [3.05, 3.63) is 71.2 Å². The zero-order valence-corrected chi connectivity index (χ0v) is 15.6. The molecule has 0 aliphatic rings. The summed E-state index contributed by atoms with van der Waals surface area (Å²) in [6.07, 6.45) is 1.78. The van der Waals surface area contributed by atoms with E-state index in [1.807, 2.05) is 31.2 Å². The molecule has 3 rings (SSSR count). The van der Waals surface area contributed by atoms with E-state index < -0.39 is 10.0 Å². The van der Waals surface area contributed by atoms with Crippen LogP contribution < -0.4 is 10.0 Å². The topological polar surface area (TPSA) is 88.2 Å². The number of nitrogens with one attached hydrogen (secondary N) is 2. The van der Waals surface area contributed by atoms with Crippen molar-refractivity contribution >= 4 is 38.1 Å². The monoisotopic (exact) mass is 387 g/mol. The molecule has 0 aliphatic carbocycles. The molecule has 2 aromatic carbocycles. The van der Waals surface area contributed by atoms with E-state index in [9.17, 15) is 13.2 Å². The maximum absolute atomic E-state index is 12.3. The third-order valence-electron chi connectivity index (χ3n) is 3.59. The van der Waals surface area contributed by atoms with Crippen LogP contribution in [0.15, 0.2) is 65.0 Å². The van der Waals surface area contributed by atoms with Crippen molar-refractivity contribution in [2.75, 3.05) is 10.0 Å². The molecule has 3 aromatic rings. The Labute approximate surface area is 156 Å². The summed E-state index contributed by atoms with van der Waals surface area (Å²) in [6, 6.07) is 13.7. The molecule has 1 heterocycles. The lowest BCUT2D eigenvalue weighted by atomic mass is 10.1. The molecule has 1 amide bonds. The Balaban J connectivity index is 1.63. The molecule has 2 N–H and O–H groups in total. The Bertz CT molecular complexity index is 981. The number of hydrogen-bond acceptors (Lipinski definition) is 5. The number of amides is 1. The zero-order chi connectivity index (χ0) is 18.6. The smallest absolute Gasteiger partial charge is 0.263 e. The third kappa shape index (κ3) is 4.68. The van der Waals surface area contributed by atoms with Crippen LogP contribution in [0.4, 0.5) is 10.8 Å². The van der Waals surface area contributed by atoms with E-state index in [1.54, 1.807) is 17.5 Å². The average molecular weight is 387 g/mol. The number of aryl methyl sites for hydroxylation is 1. The number of benzene rings is 2. The number of nitrogens with zero attached hydrogens (tertiary/aromatic N) is 1. The first-order valence-electron chi connectivity index (χ1n) is 7.80. The molecular weight excluding hydrogens is 370 g/mol. The van der Waals surface area contributed by atoms with E-state index in [0.717, 1.165) is 11.1 Å². The van der Waals surface area contributed by atoms with Gasteiger partial charge in [0.15, 0.2) is 5.13 Å². The number of anilines is 2. The number of carbonyl (C=O) groups excluding carboxylic acids is 1. The van der Waals surface area contributed by atoms with Gasteiger partial charge < -0.3 is 5.32 Å². The fraction of sp³-hybridized carbons (Fsp3) is 0.111. The number of sulfonamides is 1. The highest BCUT2D eigenvalue weighted by Gasteiger charge is 2.15. The van der Waals surface area contributed by atoms with Gasteiger partial charge in [0.05, 0.1) is 11.3 Å². The largest absolute Gasteiger partial charge is 0.326 e. The Morgan fingerprint density at radius 3 is 2.38 bits per heavy atom. The lowest BCUT2D eigenvalue weighted by Crippen LogP contribution is -2.15. The second-order valence-electron chi connectivity index (χ2n) is 5.68. The summed E-state index contributed by atoms with van der Waals surface area (Å²) in [5, 5.41) is 4.76. The van der Waals surface area contributed by atoms with Crippen molar-refractivity contribution in [3.8, 4) is 0 Å². The lowest BCUT2D eigenvalue weighted by molar-refractivity contribution is -0.115. The molecule has 0 aliphatic heterocycles. The molecule has 0 radical (unpaired) electrons. The van der Waals surface area contributed by atoms with E-state index in [0.29, 0.717) is 10.8 Å². The first kappa shape index (κ1) is 18.1. The van der Waals surface area contributed by atoms with Crippen LogP contribution in [0.1, 0.15) is 11.1 Å². The Morgan fingerprint density at radius 2 is 1.77 bits per heavy atom. The number of rotatable bonds is 6. The van der Waals surface area contributed by atoms with Gasteiger partial charge in [-0.2, -0.15) is 0 Å². The van der Waals surface area contributed by atoms with Gasteiger partial charge in [0.25, 0.3) is 10.0 Å². The Hall–Kier alpha value is -2.71. The van der Waals surface area contributed by atoms with Crippen molar-refractivity contribution in [2.24, 2.45) is 0 Å². The highest BCUT2D eigenvalue weighted by atomic mass is 32.2. The van der Waals surface area contributed by atoms with Crippen LogP contribution in [0, 0.1) is 6.92 Å². The summed E-state index contributed by atoms with van der Waals surface area (Å²) < 4.78 is 26.9. The van der Waals surface area contributed by atoms with Gasteiger partial charge in [0.2, 0.25) is 5.91 Å². The van der Waals surface area contributed by atoms with Gasteiger partial charge >= 0.3 is 0 Å². The van der Waals surface area contributed by atoms with E-state index >= 15 is 0 Å². The maximum atomic E-state index is 12.3. The molecule has 0 saturated heterocycles. The normalized spacial score (nSPS) is 11.1. The van der Waals surface area contributed by atoms with Crippen molar-refractivity contribution in [1.82, 2.24) is 4.98 Å². The SMILES string of the molecule is Cc1ccc(CC(=O)Nc2ccc(S(=O)(=O)Nc3nccs3)cc2)cc1. The van der Waals surface area contributed by atoms with Crippen molar-refractivity contribution < 1.29 is 13.2 Å². The number of aromatic nitrogens is 1. The molecule has 0 atom stereocenters. The molecule has 0 unspecified atom stereocenters. The highest BCUT2D eigenvalue weighted by molar-refractivity contribution is 7.93. The Morgan fingerprint density at radius 1 is 1.08 bits per heavy atom. The molecule has 0 spiro atoms. The standard InChI is InChI=1S/C18H17N3O3S2/c1-13-2-4-14(5-3-13)12-17(22)20-15-6-8-16(9-7-15)26(23,24)21-18-19-10-11-25-18/h2-11H,12H2,1H3,(H,19,21)(H,20,22). The van der Waals surface area contributed by atoms with E-state index in [4.69, 9.17) is 0 Å². The van der Waals surface area contributed by atoms with Crippen LogP contribution in [0.3, 0.4) is 0 Å². The van der Waals surface area contributed by atoms with E-state index in [2.05, 4.69) is 15.0 Å². The first-order chi connectivity index (χ1) is 12.4. The summed E-state index contributed by atoms with van der Waals surface area (Å²) in [5.74, 6) is -0.162. The second-order valence-corrected chi connectivity index (χ2v) is 8.25. The van der Waals surface area contributed by atoms with Gasteiger partial charge in [0, 0.05) is 17.3 Å². The third-order valence-corrected chi connectivity index (χ3v) is 5.76. The van der Waals surface area contributed by atoms with Gasteiger partial charge in [-0.05, 0) is 36.8 Å². The van der Waals surface area contributed by atoms with Crippen molar-refractivity contribution in [1.29, 1.82) is 0 Å². The van der Waals surface area contributed by atoms with Crippen molar-refractivity contribution in [3.63, 3.8) is 0 Å². The van der Waals surface area contributed by atoms with Crippen LogP contribution in [0.2, 0.25) is 0 Å². The minimum atomic E-state index is -3.70. The minimum absolute atomic E-state index is 0.101. The fourth-order valence-corrected chi connectivity index (χ4v) is 4.05. The number of hydrogen-bond donors (Lipinski definition) is 2. The predicted molar refractivity (Wildman–Crippen MR) is 103 cm³/mol. The quantitative estimate of drug-likeness (QED) is 0.678. The first-order valence-corrected chi connectivity index (χ1v) is 10.2. The fourth-order valence-electron chi connectivity index (χ4n) is 2.26. The summed E-state index contributed by atoms with van der Waals surface area (Å²) in [7, 11) is -3.70. The molecular formula is C18H17N3O3S2. The molecule has 1 aromatic heterocycles. The molecule has 6 nitrogen and oxygen atoms in total. The minimum Gasteiger partial charge on any atom is -0.326 e. The number of carbonyl (C=O) groups is 1. The number of thiazole rings is 1. The van der Waals surface area contributed by atoms with Gasteiger partial charge in [-0.15, -0.1) is 11.3 Å². The average Bonchev–Trinajstić information content (AvgIpc) is 3.09. The maximum Gasteiger partial charge on any atom is 0.263 e. The second kappa shape index (κ2) is 7.67. The highest BCUT2D eigenvalue weighted by Crippen LogP contribution is 2.19. The van der Waals surface area contributed by atoms with Gasteiger partial charge in [-0.25, -0.2) is 13.4 Å². The molecule has 0 saturated carbocycles. The molecule has 8 heteroatoms. The van der Waals surface area contributed by atoms with E-state index in [1.165, 1.54) is 29.7 Å². The van der Waals surface area contributed by atoms with Gasteiger partial charge in [0.1, 0.15) is 0 Å². The summed E-state index contributed by atoms with van der Waals surface area (Å²) in [6.45, 7) is 1.99. The summed E-state index contributed by atoms with van der Waals surface area (Å²) >= 11 is 1.20. The summed E-state index contributed by atoms with van der Waals surface area (Å²) in [4.78, 5) is 16.1. The lowest BCUT2D eigenvalue weighted by Gasteiger charge is -2.08. The van der Waals surface area contributed by atoms with Gasteiger partial charge in [-0.3, -0.25) is 9.52 Å². The van der Waals surface area contributed by atoms with Gasteiger partial charge in [-0.1, -0.05) is 29.8 Å².